The number of halogens is 3. The van der Waals surface area contributed by atoms with Crippen LogP contribution in [0.15, 0.2) is 18.2 Å². The van der Waals surface area contributed by atoms with Gasteiger partial charge in [-0.05, 0) is 31.9 Å². The van der Waals surface area contributed by atoms with Gasteiger partial charge in [-0.25, -0.2) is 4.79 Å². The Hall–Kier alpha value is -1.97. The van der Waals surface area contributed by atoms with Crippen LogP contribution >= 0.6 is 0 Å². The molecule has 0 aliphatic carbocycles. The van der Waals surface area contributed by atoms with E-state index < -0.39 is 27.5 Å². The highest BCUT2D eigenvalue weighted by molar-refractivity contribution is 7.88. The number of amides is 1. The third-order valence-corrected chi connectivity index (χ3v) is 4.44. The van der Waals surface area contributed by atoms with E-state index in [0.29, 0.717) is 6.42 Å². The molecule has 1 heterocycles. The first-order valence-electron chi connectivity index (χ1n) is 6.58. The van der Waals surface area contributed by atoms with Crippen LogP contribution < -0.4 is 9.08 Å². The molecule has 0 saturated heterocycles. The van der Waals surface area contributed by atoms with Gasteiger partial charge in [-0.1, -0.05) is 6.07 Å². The zero-order valence-corrected chi connectivity index (χ0v) is 13.1. The summed E-state index contributed by atoms with van der Waals surface area (Å²) < 4.78 is 68.7. The molecule has 23 heavy (non-hydrogen) atoms. The summed E-state index contributed by atoms with van der Waals surface area (Å²) in [5.74, 6) is -0.444. The molecule has 1 aromatic rings. The Kier molecular flexibility index (Phi) is 4.47. The minimum atomic E-state index is -5.78. The number of methoxy groups -OCH3 is 1. The van der Waals surface area contributed by atoms with Gasteiger partial charge >= 0.3 is 21.7 Å². The van der Waals surface area contributed by atoms with Crippen LogP contribution in [0.1, 0.15) is 18.9 Å². The number of hydrogen-bond donors (Lipinski definition) is 0. The van der Waals surface area contributed by atoms with Gasteiger partial charge in [0.05, 0.1) is 12.8 Å². The fourth-order valence-electron chi connectivity index (χ4n) is 2.37. The molecule has 10 heteroatoms. The maximum absolute atomic E-state index is 12.5. The lowest BCUT2D eigenvalue weighted by Gasteiger charge is -2.34. The molecule has 0 radical (unpaired) electrons. The van der Waals surface area contributed by atoms with E-state index in [9.17, 15) is 26.4 Å². The highest BCUT2D eigenvalue weighted by atomic mass is 32.2. The van der Waals surface area contributed by atoms with Crippen LogP contribution in [-0.2, 0) is 21.3 Å². The lowest BCUT2D eigenvalue weighted by Crippen LogP contribution is -2.42. The number of alkyl halides is 3. The quantitative estimate of drug-likeness (QED) is 0.604. The summed E-state index contributed by atoms with van der Waals surface area (Å²) in [4.78, 5) is 13.1. The minimum absolute atomic E-state index is 0.212. The van der Waals surface area contributed by atoms with Crippen molar-refractivity contribution in [2.24, 2.45) is 0 Å². The van der Waals surface area contributed by atoms with Crippen LogP contribution in [0.4, 0.5) is 23.7 Å². The molecule has 0 fully saturated rings. The molecule has 0 aromatic heterocycles. The molecule has 0 N–H and O–H groups in total. The molecule has 2 rings (SSSR count). The number of anilines is 1. The van der Waals surface area contributed by atoms with Crippen molar-refractivity contribution in [1.29, 1.82) is 0 Å². The van der Waals surface area contributed by atoms with E-state index in [1.54, 1.807) is 6.92 Å². The van der Waals surface area contributed by atoms with Gasteiger partial charge in [-0.15, -0.1) is 0 Å². The van der Waals surface area contributed by atoms with Crippen LogP contribution in [0.2, 0.25) is 0 Å². The summed E-state index contributed by atoms with van der Waals surface area (Å²) in [7, 11) is -4.60. The van der Waals surface area contributed by atoms with Gasteiger partial charge in [0.1, 0.15) is 5.75 Å². The van der Waals surface area contributed by atoms with Gasteiger partial charge in [-0.3, -0.25) is 4.90 Å². The first-order valence-corrected chi connectivity index (χ1v) is 7.99. The van der Waals surface area contributed by atoms with Crippen molar-refractivity contribution in [2.75, 3.05) is 12.0 Å². The van der Waals surface area contributed by atoms with Crippen molar-refractivity contribution in [3.05, 3.63) is 23.8 Å². The summed E-state index contributed by atoms with van der Waals surface area (Å²) in [5.41, 5.74) is -5.05. The Balaban J connectivity index is 2.48. The van der Waals surface area contributed by atoms with Crippen molar-refractivity contribution in [1.82, 2.24) is 0 Å². The second-order valence-corrected chi connectivity index (χ2v) is 6.50. The third kappa shape index (κ3) is 3.21. The summed E-state index contributed by atoms with van der Waals surface area (Å²) in [6.45, 7) is 1.75. The zero-order valence-electron chi connectivity index (χ0n) is 12.3. The fraction of sp³-hybridized carbons (Fsp3) is 0.462. The first-order chi connectivity index (χ1) is 10.6. The van der Waals surface area contributed by atoms with Crippen molar-refractivity contribution in [3.8, 4) is 5.75 Å². The van der Waals surface area contributed by atoms with E-state index in [-0.39, 0.29) is 23.7 Å². The SMILES string of the molecule is COC(=O)N1c2cccc(OS(=O)(=O)C(F)(F)F)c2CC[C@@H]1C. The average Bonchev–Trinajstić information content (AvgIpc) is 2.45. The molecule has 1 amide bonds. The Morgan fingerprint density at radius 1 is 1.35 bits per heavy atom. The van der Waals surface area contributed by atoms with E-state index in [1.807, 2.05) is 0 Å². The summed E-state index contributed by atoms with van der Waals surface area (Å²) in [6, 6.07) is 3.68. The van der Waals surface area contributed by atoms with Crippen LogP contribution in [-0.4, -0.2) is 33.2 Å². The smallest absolute Gasteiger partial charge is 0.452 e. The lowest BCUT2D eigenvalue weighted by molar-refractivity contribution is -0.0500. The first kappa shape index (κ1) is 17.4. The second-order valence-electron chi connectivity index (χ2n) is 4.96. The number of rotatable bonds is 2. The van der Waals surface area contributed by atoms with Crippen LogP contribution in [0, 0.1) is 0 Å². The number of hydrogen-bond acceptors (Lipinski definition) is 5. The Morgan fingerprint density at radius 2 is 2.00 bits per heavy atom. The molecular weight excluding hydrogens is 339 g/mol. The number of carbonyl (C=O) groups is 1. The molecule has 1 atom stereocenters. The van der Waals surface area contributed by atoms with Crippen LogP contribution in [0.3, 0.4) is 0 Å². The molecule has 0 spiro atoms. The van der Waals surface area contributed by atoms with Crippen LogP contribution in [0.5, 0.6) is 5.75 Å². The monoisotopic (exact) mass is 353 g/mol. The highest BCUT2D eigenvalue weighted by Crippen LogP contribution is 2.38. The Morgan fingerprint density at radius 3 is 2.57 bits per heavy atom. The van der Waals surface area contributed by atoms with E-state index in [2.05, 4.69) is 8.92 Å². The summed E-state index contributed by atoms with van der Waals surface area (Å²) >= 11 is 0. The molecule has 1 aromatic carbocycles. The van der Waals surface area contributed by atoms with Gasteiger partial charge < -0.3 is 8.92 Å². The van der Waals surface area contributed by atoms with Crippen molar-refractivity contribution in [3.63, 3.8) is 0 Å². The maximum Gasteiger partial charge on any atom is 0.534 e. The Bertz CT molecular complexity index is 717. The predicted molar refractivity (Wildman–Crippen MR) is 74.7 cm³/mol. The van der Waals surface area contributed by atoms with Gasteiger partial charge in [0.25, 0.3) is 0 Å². The lowest BCUT2D eigenvalue weighted by atomic mass is 9.96. The van der Waals surface area contributed by atoms with E-state index >= 15 is 0 Å². The fourth-order valence-corrected chi connectivity index (χ4v) is 2.86. The van der Waals surface area contributed by atoms with Crippen molar-refractivity contribution in [2.45, 2.75) is 31.3 Å². The van der Waals surface area contributed by atoms with Gasteiger partial charge in [0.15, 0.2) is 0 Å². The van der Waals surface area contributed by atoms with E-state index in [1.165, 1.54) is 24.1 Å². The number of carbonyl (C=O) groups excluding carboxylic acids is 1. The molecule has 0 saturated carbocycles. The topological polar surface area (TPSA) is 72.9 Å². The van der Waals surface area contributed by atoms with Gasteiger partial charge in [0, 0.05) is 11.6 Å². The van der Waals surface area contributed by atoms with Crippen LogP contribution in [0.25, 0.3) is 0 Å². The number of nitrogens with zero attached hydrogens (tertiary/aromatic N) is 1. The normalized spacial score (nSPS) is 18.3. The average molecular weight is 353 g/mol. The van der Waals surface area contributed by atoms with E-state index in [4.69, 9.17) is 0 Å². The van der Waals surface area contributed by atoms with E-state index in [0.717, 1.165) is 6.07 Å². The Labute approximate surface area is 130 Å². The summed E-state index contributed by atoms with van der Waals surface area (Å²) in [5, 5.41) is 0. The predicted octanol–water partition coefficient (Wildman–Crippen LogP) is 2.82. The molecule has 1 aliphatic heterocycles. The third-order valence-electron chi connectivity index (χ3n) is 3.48. The standard InChI is InChI=1S/C13H14F3NO5S/c1-8-6-7-9-10(17(8)12(18)21-2)4-3-5-11(9)22-23(19,20)13(14,15)16/h3-5,8H,6-7H2,1-2H3/t8-/m0/s1. The summed E-state index contributed by atoms with van der Waals surface area (Å²) in [6.07, 6.45) is 0.0107. The second kappa shape index (κ2) is 5.91. The molecular formula is C13H14F3NO5S. The number of benzene rings is 1. The number of ether oxygens (including phenoxy) is 1. The largest absolute Gasteiger partial charge is 0.534 e. The molecule has 0 bridgehead atoms. The zero-order chi connectivity index (χ0) is 17.4. The van der Waals surface area contributed by atoms with Crippen molar-refractivity contribution < 1.29 is 35.3 Å². The molecule has 0 unspecified atom stereocenters. The van der Waals surface area contributed by atoms with Crippen molar-refractivity contribution >= 4 is 21.9 Å². The molecule has 6 nitrogen and oxygen atoms in total. The maximum atomic E-state index is 12.5. The van der Waals surface area contributed by atoms with Gasteiger partial charge in [0.2, 0.25) is 0 Å². The number of fused-ring (bicyclic) bond motifs is 1. The molecule has 128 valence electrons. The molecule has 1 aliphatic rings. The van der Waals surface area contributed by atoms with Gasteiger partial charge in [-0.2, -0.15) is 21.6 Å². The minimum Gasteiger partial charge on any atom is -0.452 e. The highest BCUT2D eigenvalue weighted by Gasteiger charge is 2.49.